The molecule has 0 spiro atoms. The minimum atomic E-state index is -3.77. The van der Waals surface area contributed by atoms with Gasteiger partial charge in [0.1, 0.15) is 0 Å². The van der Waals surface area contributed by atoms with Crippen LogP contribution in [0.25, 0.3) is 0 Å². The van der Waals surface area contributed by atoms with Gasteiger partial charge in [0.25, 0.3) is 0 Å². The number of hydrogen-bond donors (Lipinski definition) is 0. The molecule has 0 saturated heterocycles. The number of halogens is 2. The molecule has 0 unspecified atom stereocenters. The van der Waals surface area contributed by atoms with Crippen LogP contribution in [0.3, 0.4) is 0 Å². The summed E-state index contributed by atoms with van der Waals surface area (Å²) in [5, 5.41) is 0. The Kier molecular flexibility index (Phi) is 3.97. The van der Waals surface area contributed by atoms with E-state index in [1.807, 2.05) is 0 Å². The molecule has 0 aromatic carbocycles. The van der Waals surface area contributed by atoms with Crippen molar-refractivity contribution in [3.63, 3.8) is 0 Å². The van der Waals surface area contributed by atoms with Crippen molar-refractivity contribution >= 4 is 8.74 Å². The minimum Gasteiger partial charge on any atom is -0.385 e. The maximum atomic E-state index is 12.1. The topological polar surface area (TPSA) is 9.23 Å². The number of hydrogen-bond acceptors (Lipinski definition) is 1. The number of methoxy groups -OCH3 is 1. The second kappa shape index (κ2) is 3.95. The van der Waals surface area contributed by atoms with E-state index < -0.39 is 8.74 Å². The summed E-state index contributed by atoms with van der Waals surface area (Å²) in [5.41, 5.74) is 0. The lowest BCUT2D eigenvalue weighted by Gasteiger charge is -2.04. The molecule has 0 heterocycles. The van der Waals surface area contributed by atoms with Crippen LogP contribution in [-0.2, 0) is 4.74 Å². The molecule has 0 amide bonds. The highest BCUT2D eigenvalue weighted by Crippen LogP contribution is 2.14. The fraction of sp³-hybridized carbons (Fsp3) is 1.00. The van der Waals surface area contributed by atoms with E-state index in [1.165, 1.54) is 7.11 Å². The van der Waals surface area contributed by atoms with Gasteiger partial charge in [-0.15, -0.1) is 0 Å². The molecule has 0 N–H and O–H groups in total. The van der Waals surface area contributed by atoms with E-state index >= 15 is 0 Å². The van der Waals surface area contributed by atoms with Crippen molar-refractivity contribution in [1.82, 2.24) is 0 Å². The molecule has 9 heavy (non-hydrogen) atoms. The molecule has 4 heteroatoms. The van der Waals surface area contributed by atoms with Crippen LogP contribution in [0.2, 0.25) is 12.6 Å². The molecule has 0 fully saturated rings. The first-order valence-corrected chi connectivity index (χ1v) is 5.39. The summed E-state index contributed by atoms with van der Waals surface area (Å²) in [6.07, 6.45) is 0.492. The summed E-state index contributed by atoms with van der Waals surface area (Å²) in [5.74, 6) is 0. The van der Waals surface area contributed by atoms with Crippen molar-refractivity contribution in [3.8, 4) is 0 Å². The van der Waals surface area contributed by atoms with E-state index in [9.17, 15) is 8.22 Å². The molecule has 0 atom stereocenters. The monoisotopic (exact) mass is 154 g/mol. The number of rotatable bonds is 4. The van der Waals surface area contributed by atoms with Crippen LogP contribution in [0.4, 0.5) is 8.22 Å². The fourth-order valence-corrected chi connectivity index (χ4v) is 1.29. The molecule has 0 rings (SSSR count). The molecule has 0 aromatic rings. The van der Waals surface area contributed by atoms with E-state index in [2.05, 4.69) is 4.74 Å². The van der Waals surface area contributed by atoms with Gasteiger partial charge in [-0.1, -0.05) is 0 Å². The smallest absolute Gasteiger partial charge is 0.385 e. The quantitative estimate of drug-likeness (QED) is 0.342. The zero-order valence-corrected chi connectivity index (χ0v) is 6.79. The van der Waals surface area contributed by atoms with Gasteiger partial charge in [0.05, 0.1) is 0 Å². The van der Waals surface area contributed by atoms with Crippen LogP contribution in [0, 0.1) is 0 Å². The van der Waals surface area contributed by atoms with Crippen molar-refractivity contribution in [2.45, 2.75) is 19.0 Å². The molecule has 0 aliphatic carbocycles. The van der Waals surface area contributed by atoms with Gasteiger partial charge in [0.2, 0.25) is 0 Å². The Labute approximate surface area is 55.4 Å². The largest absolute Gasteiger partial charge is 0.422 e. The van der Waals surface area contributed by atoms with Gasteiger partial charge in [0.15, 0.2) is 0 Å². The molecular formula is C5H12F2OSi. The summed E-state index contributed by atoms with van der Waals surface area (Å²) in [6, 6.07) is 0.0564. The summed E-state index contributed by atoms with van der Waals surface area (Å²) in [7, 11) is -2.25. The summed E-state index contributed by atoms with van der Waals surface area (Å²) in [4.78, 5) is 0. The molecule has 0 saturated carbocycles. The molecule has 1 nitrogen and oxygen atoms in total. The van der Waals surface area contributed by atoms with Gasteiger partial charge in [0, 0.05) is 19.8 Å². The first-order valence-electron chi connectivity index (χ1n) is 2.93. The maximum Gasteiger partial charge on any atom is 0.422 e. The maximum absolute atomic E-state index is 12.1. The Hall–Kier alpha value is 0.0369. The van der Waals surface area contributed by atoms with E-state index in [4.69, 9.17) is 0 Å². The Morgan fingerprint density at radius 3 is 2.33 bits per heavy atom. The van der Waals surface area contributed by atoms with Gasteiger partial charge in [-0.25, -0.2) is 0 Å². The van der Waals surface area contributed by atoms with Crippen molar-refractivity contribution < 1.29 is 13.0 Å². The first-order chi connectivity index (χ1) is 4.06. The van der Waals surface area contributed by atoms with Crippen LogP contribution in [-0.4, -0.2) is 22.5 Å². The summed E-state index contributed by atoms with van der Waals surface area (Å²) >= 11 is 0. The molecule has 0 aromatic heterocycles. The molecule has 0 bridgehead atoms. The number of ether oxygens (including phenoxy) is 1. The normalized spacial score (nSPS) is 12.0. The van der Waals surface area contributed by atoms with Gasteiger partial charge in [-0.05, 0) is 13.0 Å². The summed E-state index contributed by atoms with van der Waals surface area (Å²) in [6.45, 7) is 1.51. The first kappa shape index (κ1) is 9.04. The zero-order chi connectivity index (χ0) is 7.33. The highest BCUT2D eigenvalue weighted by atomic mass is 28.4. The second-order valence-electron chi connectivity index (χ2n) is 2.17. The zero-order valence-electron chi connectivity index (χ0n) is 5.79. The van der Waals surface area contributed by atoms with Crippen LogP contribution in [0.15, 0.2) is 0 Å². The highest BCUT2D eigenvalue weighted by molar-refractivity contribution is 6.64. The Balaban J connectivity index is 3.07. The predicted octanol–water partition coefficient (Wildman–Crippen LogP) is 2.03. The Morgan fingerprint density at radius 2 is 2.00 bits per heavy atom. The second-order valence-corrected chi connectivity index (χ2v) is 4.81. The van der Waals surface area contributed by atoms with Crippen LogP contribution >= 0.6 is 0 Å². The van der Waals surface area contributed by atoms with E-state index in [0.29, 0.717) is 13.0 Å². The van der Waals surface area contributed by atoms with Crippen molar-refractivity contribution in [1.29, 1.82) is 0 Å². The van der Waals surface area contributed by atoms with Gasteiger partial charge in [-0.2, -0.15) is 0 Å². The molecular weight excluding hydrogens is 142 g/mol. The Bertz CT molecular complexity index is 71.8. The molecule has 56 valence electrons. The average Bonchev–Trinajstić information content (AvgIpc) is 1.63. The van der Waals surface area contributed by atoms with Gasteiger partial charge < -0.3 is 4.74 Å². The minimum absolute atomic E-state index is 0.0564. The van der Waals surface area contributed by atoms with Gasteiger partial charge in [-0.3, -0.25) is 8.22 Å². The third kappa shape index (κ3) is 8.04. The Morgan fingerprint density at radius 1 is 1.44 bits per heavy atom. The molecule has 0 radical (unpaired) electrons. The average molecular weight is 154 g/mol. The van der Waals surface area contributed by atoms with E-state index in [-0.39, 0.29) is 6.04 Å². The van der Waals surface area contributed by atoms with E-state index in [0.717, 1.165) is 6.55 Å². The molecule has 0 aliphatic heterocycles. The van der Waals surface area contributed by atoms with Crippen molar-refractivity contribution in [2.75, 3.05) is 13.7 Å². The molecule has 0 aliphatic rings. The van der Waals surface area contributed by atoms with Crippen LogP contribution in [0.5, 0.6) is 0 Å². The summed E-state index contributed by atoms with van der Waals surface area (Å²) < 4.78 is 28.9. The van der Waals surface area contributed by atoms with Gasteiger partial charge >= 0.3 is 8.74 Å². The fourth-order valence-electron chi connectivity index (χ4n) is 0.527. The van der Waals surface area contributed by atoms with Crippen molar-refractivity contribution in [2.24, 2.45) is 0 Å². The lowest BCUT2D eigenvalue weighted by Crippen LogP contribution is -2.16. The third-order valence-electron chi connectivity index (χ3n) is 0.964. The standard InChI is InChI=1S/C5H12F2OSi/c1-8-4-3-5-9(2,6)7/h3-5H2,1-2H3. The lowest BCUT2D eigenvalue weighted by molar-refractivity contribution is 0.197. The third-order valence-corrected chi connectivity index (χ3v) is 2.20. The lowest BCUT2D eigenvalue weighted by atomic mass is 10.5. The van der Waals surface area contributed by atoms with Crippen LogP contribution in [0.1, 0.15) is 6.42 Å². The highest BCUT2D eigenvalue weighted by Gasteiger charge is 2.26. The SMILES string of the molecule is COCCC[Si](C)(F)F. The van der Waals surface area contributed by atoms with E-state index in [1.54, 1.807) is 0 Å². The van der Waals surface area contributed by atoms with Crippen molar-refractivity contribution in [3.05, 3.63) is 0 Å². The van der Waals surface area contributed by atoms with Crippen LogP contribution < -0.4 is 0 Å². The predicted molar refractivity (Wildman–Crippen MR) is 35.1 cm³/mol.